The van der Waals surface area contributed by atoms with Crippen molar-refractivity contribution in [1.29, 1.82) is 5.26 Å². The lowest BCUT2D eigenvalue weighted by Crippen LogP contribution is -2.13. The lowest BCUT2D eigenvalue weighted by molar-refractivity contribution is -0.137. The number of carbonyl (C=O) groups excluding carboxylic acids is 1. The molecule has 0 saturated carbocycles. The van der Waals surface area contributed by atoms with Gasteiger partial charge in [0.25, 0.3) is 5.91 Å². The number of hydrogen-bond donors (Lipinski definition) is 2. The Morgan fingerprint density at radius 2 is 1.87 bits per heavy atom. The van der Waals surface area contributed by atoms with Crippen molar-refractivity contribution >= 4 is 34.5 Å². The van der Waals surface area contributed by atoms with Gasteiger partial charge in [-0.2, -0.15) is 5.26 Å². The Balaban J connectivity index is 1.86. The lowest BCUT2D eigenvalue weighted by atomic mass is 10.0. The predicted octanol–water partition coefficient (Wildman–Crippen LogP) is 4.47. The number of nitrogens with one attached hydrogen (secondary N) is 1. The van der Waals surface area contributed by atoms with Gasteiger partial charge in [-0.3, -0.25) is 9.59 Å². The summed E-state index contributed by atoms with van der Waals surface area (Å²) in [5.74, 6) is -0.934. The summed E-state index contributed by atoms with van der Waals surface area (Å²) in [5, 5.41) is 22.2. The number of carbonyl (C=O) groups is 2. The molecule has 1 aromatic heterocycles. The molecule has 3 rings (SSSR count). The number of aliphatic carboxylic acids is 1. The molecular weight excluding hydrogens is 378 g/mol. The van der Waals surface area contributed by atoms with Gasteiger partial charge < -0.3 is 15.0 Å². The number of para-hydroxylation sites is 1. The maximum Gasteiger partial charge on any atom is 0.323 e. The smallest absolute Gasteiger partial charge is 0.323 e. The highest BCUT2D eigenvalue weighted by Crippen LogP contribution is 2.24. The average Bonchev–Trinajstić information content (AvgIpc) is 3.04. The van der Waals surface area contributed by atoms with Gasteiger partial charge in [0.2, 0.25) is 0 Å². The first-order valence-corrected chi connectivity index (χ1v) is 9.69. The summed E-state index contributed by atoms with van der Waals surface area (Å²) in [6.07, 6.45) is 4.09. The number of rotatable bonds is 7. The Morgan fingerprint density at radius 3 is 2.50 bits per heavy atom. The van der Waals surface area contributed by atoms with Crippen LogP contribution in [0.1, 0.15) is 25.0 Å². The first-order valence-electron chi connectivity index (χ1n) is 9.69. The molecule has 0 radical (unpaired) electrons. The third-order valence-corrected chi connectivity index (χ3v) is 4.65. The number of nitriles is 1. The Bertz CT molecular complexity index is 1150. The number of nitrogens with zero attached hydrogens (tertiary/aromatic N) is 2. The van der Waals surface area contributed by atoms with Crippen LogP contribution in [0.5, 0.6) is 0 Å². The normalized spacial score (nSPS) is 11.5. The van der Waals surface area contributed by atoms with Gasteiger partial charge in [0, 0.05) is 28.4 Å². The highest BCUT2D eigenvalue weighted by molar-refractivity contribution is 6.10. The zero-order valence-corrected chi connectivity index (χ0v) is 16.9. The Kier molecular flexibility index (Phi) is 6.33. The van der Waals surface area contributed by atoms with Crippen molar-refractivity contribution in [3.63, 3.8) is 0 Å². The van der Waals surface area contributed by atoms with E-state index in [0.29, 0.717) is 17.2 Å². The van der Waals surface area contributed by atoms with Crippen LogP contribution in [-0.4, -0.2) is 21.6 Å². The van der Waals surface area contributed by atoms with Crippen LogP contribution in [0.25, 0.3) is 17.0 Å². The van der Waals surface area contributed by atoms with Gasteiger partial charge in [-0.1, -0.05) is 44.2 Å². The Labute approximate surface area is 175 Å². The van der Waals surface area contributed by atoms with Crippen LogP contribution in [0, 0.1) is 17.2 Å². The number of carboxylic acid groups (broad SMARTS) is 1. The summed E-state index contributed by atoms with van der Waals surface area (Å²) in [4.78, 5) is 23.8. The number of carboxylic acids is 1. The minimum Gasteiger partial charge on any atom is -0.480 e. The van der Waals surface area contributed by atoms with Gasteiger partial charge in [0.1, 0.15) is 18.2 Å². The molecular formula is C24H23N3O3. The van der Waals surface area contributed by atoms with Gasteiger partial charge in [-0.05, 0) is 42.2 Å². The monoisotopic (exact) mass is 401 g/mol. The minimum atomic E-state index is -0.967. The van der Waals surface area contributed by atoms with Crippen molar-refractivity contribution in [2.24, 2.45) is 5.92 Å². The molecule has 1 amide bonds. The fraction of sp³-hybridized carbons (Fsp3) is 0.208. The van der Waals surface area contributed by atoms with E-state index in [1.165, 1.54) is 11.6 Å². The van der Waals surface area contributed by atoms with Crippen molar-refractivity contribution in [2.45, 2.75) is 26.8 Å². The molecule has 0 fully saturated rings. The van der Waals surface area contributed by atoms with Gasteiger partial charge in [0.05, 0.1) is 0 Å². The fourth-order valence-electron chi connectivity index (χ4n) is 3.36. The molecule has 0 atom stereocenters. The molecule has 2 N–H and O–H groups in total. The predicted molar refractivity (Wildman–Crippen MR) is 117 cm³/mol. The summed E-state index contributed by atoms with van der Waals surface area (Å²) in [5.41, 5.74) is 3.09. The topological polar surface area (TPSA) is 95.1 Å². The zero-order chi connectivity index (χ0) is 21.7. The summed E-state index contributed by atoms with van der Waals surface area (Å²) in [6, 6.07) is 16.8. The molecule has 0 aliphatic carbocycles. The van der Waals surface area contributed by atoms with Crippen LogP contribution in [0.4, 0.5) is 5.69 Å². The van der Waals surface area contributed by atoms with Gasteiger partial charge in [-0.25, -0.2) is 0 Å². The summed E-state index contributed by atoms with van der Waals surface area (Å²) in [7, 11) is 0. The first kappa shape index (κ1) is 20.9. The van der Waals surface area contributed by atoms with E-state index in [-0.39, 0.29) is 12.1 Å². The van der Waals surface area contributed by atoms with Crippen molar-refractivity contribution in [3.05, 3.63) is 71.4 Å². The number of amides is 1. The SMILES string of the molecule is CC(C)Cc1ccc(NC(=O)/C(C#N)=C/c2cn(CC(=O)O)c3ccccc23)cc1. The lowest BCUT2D eigenvalue weighted by Gasteiger charge is -2.07. The second kappa shape index (κ2) is 9.10. The summed E-state index contributed by atoms with van der Waals surface area (Å²) in [6.45, 7) is 4.09. The largest absolute Gasteiger partial charge is 0.480 e. The molecule has 0 saturated heterocycles. The summed E-state index contributed by atoms with van der Waals surface area (Å²) >= 11 is 0. The van der Waals surface area contributed by atoms with Crippen molar-refractivity contribution in [1.82, 2.24) is 4.57 Å². The van der Waals surface area contributed by atoms with E-state index >= 15 is 0 Å². The van der Waals surface area contributed by atoms with E-state index in [1.807, 2.05) is 48.5 Å². The quantitative estimate of drug-likeness (QED) is 0.451. The van der Waals surface area contributed by atoms with Crippen LogP contribution in [0.15, 0.2) is 60.3 Å². The molecule has 2 aromatic carbocycles. The summed E-state index contributed by atoms with van der Waals surface area (Å²) < 4.78 is 1.59. The second-order valence-electron chi connectivity index (χ2n) is 7.54. The Morgan fingerprint density at radius 1 is 1.17 bits per heavy atom. The minimum absolute atomic E-state index is 0.0560. The molecule has 0 aliphatic heterocycles. The molecule has 0 bridgehead atoms. The number of anilines is 1. The molecule has 0 spiro atoms. The molecule has 152 valence electrons. The van der Waals surface area contributed by atoms with E-state index in [4.69, 9.17) is 5.11 Å². The molecule has 1 heterocycles. The van der Waals surface area contributed by atoms with Crippen molar-refractivity contribution in [3.8, 4) is 6.07 Å². The van der Waals surface area contributed by atoms with Crippen LogP contribution >= 0.6 is 0 Å². The number of fused-ring (bicyclic) bond motifs is 1. The molecule has 0 aliphatic rings. The van der Waals surface area contributed by atoms with Crippen LogP contribution in [-0.2, 0) is 22.6 Å². The first-order chi connectivity index (χ1) is 14.4. The zero-order valence-electron chi connectivity index (χ0n) is 16.9. The van der Waals surface area contributed by atoms with Crippen LogP contribution in [0.3, 0.4) is 0 Å². The van der Waals surface area contributed by atoms with E-state index in [1.54, 1.807) is 16.8 Å². The van der Waals surface area contributed by atoms with Crippen LogP contribution in [0.2, 0.25) is 0 Å². The molecule has 3 aromatic rings. The number of hydrogen-bond acceptors (Lipinski definition) is 3. The van der Waals surface area contributed by atoms with E-state index in [2.05, 4.69) is 19.2 Å². The molecule has 6 heteroatoms. The van der Waals surface area contributed by atoms with Gasteiger partial charge in [0.15, 0.2) is 0 Å². The van der Waals surface area contributed by atoms with Crippen molar-refractivity contribution in [2.75, 3.05) is 5.32 Å². The van der Waals surface area contributed by atoms with Crippen molar-refractivity contribution < 1.29 is 14.7 Å². The molecule has 0 unspecified atom stereocenters. The van der Waals surface area contributed by atoms with Gasteiger partial charge in [-0.15, -0.1) is 0 Å². The maximum atomic E-state index is 12.6. The van der Waals surface area contributed by atoms with E-state index in [9.17, 15) is 14.9 Å². The average molecular weight is 401 g/mol. The fourth-order valence-corrected chi connectivity index (χ4v) is 3.36. The van der Waals surface area contributed by atoms with E-state index < -0.39 is 11.9 Å². The number of aromatic nitrogens is 1. The Hall–Kier alpha value is -3.85. The maximum absolute atomic E-state index is 12.6. The second-order valence-corrected chi connectivity index (χ2v) is 7.54. The molecule has 30 heavy (non-hydrogen) atoms. The van der Waals surface area contributed by atoms with E-state index in [0.717, 1.165) is 17.3 Å². The van der Waals surface area contributed by atoms with Gasteiger partial charge >= 0.3 is 5.97 Å². The van der Waals surface area contributed by atoms with Crippen LogP contribution < -0.4 is 5.32 Å². The molecule has 6 nitrogen and oxygen atoms in total. The third kappa shape index (κ3) is 4.95. The highest BCUT2D eigenvalue weighted by atomic mass is 16.4. The third-order valence-electron chi connectivity index (χ3n) is 4.65. The highest BCUT2D eigenvalue weighted by Gasteiger charge is 2.14. The number of benzene rings is 2. The standard InChI is InChI=1S/C24H23N3O3/c1-16(2)11-17-7-9-20(10-8-17)26-24(30)18(13-25)12-19-14-27(15-23(28)29)22-6-4-3-5-21(19)22/h3-10,12,14,16H,11,15H2,1-2H3,(H,26,30)(H,28,29)/b18-12+.